The van der Waals surface area contributed by atoms with Gasteiger partial charge in [-0.2, -0.15) is 0 Å². The fraction of sp³-hybridized carbons (Fsp3) is 0.786. The third kappa shape index (κ3) is 1.41. The van der Waals surface area contributed by atoms with Gasteiger partial charge < -0.3 is 9.84 Å². The molecular formula is C14H20O3. The zero-order valence-corrected chi connectivity index (χ0v) is 11.0. The van der Waals surface area contributed by atoms with Crippen molar-refractivity contribution in [3.05, 3.63) is 11.1 Å². The first-order valence-corrected chi connectivity index (χ1v) is 6.36. The molecule has 3 heteroatoms. The van der Waals surface area contributed by atoms with Gasteiger partial charge in [0.15, 0.2) is 0 Å². The zero-order chi connectivity index (χ0) is 12.6. The monoisotopic (exact) mass is 236 g/mol. The van der Waals surface area contributed by atoms with Gasteiger partial charge in [-0.25, -0.2) is 4.79 Å². The number of hydrogen-bond acceptors (Lipinski definition) is 3. The van der Waals surface area contributed by atoms with Gasteiger partial charge in [0.05, 0.1) is 0 Å². The Bertz CT molecular complexity index is 444. The highest BCUT2D eigenvalue weighted by Crippen LogP contribution is 2.67. The van der Waals surface area contributed by atoms with Crippen molar-refractivity contribution in [3.8, 4) is 0 Å². The number of cyclic esters (lactones) is 1. The van der Waals surface area contributed by atoms with Crippen LogP contribution in [-0.4, -0.2) is 16.9 Å². The number of aliphatic hydroxyl groups is 1. The van der Waals surface area contributed by atoms with Gasteiger partial charge in [0, 0.05) is 23.5 Å². The van der Waals surface area contributed by atoms with Crippen LogP contribution in [0, 0.1) is 16.7 Å². The summed E-state index contributed by atoms with van der Waals surface area (Å²) in [5.74, 6) is -1.11. The predicted octanol–water partition coefficient (Wildman–Crippen LogP) is 2.39. The summed E-state index contributed by atoms with van der Waals surface area (Å²) >= 11 is 0. The lowest BCUT2D eigenvalue weighted by atomic mass is 9.80. The summed E-state index contributed by atoms with van der Waals surface area (Å²) in [6.07, 6.45) is 2.94. The van der Waals surface area contributed by atoms with Gasteiger partial charge in [-0.3, -0.25) is 0 Å². The molecule has 3 nitrogen and oxygen atoms in total. The van der Waals surface area contributed by atoms with Gasteiger partial charge in [0.25, 0.3) is 0 Å². The van der Waals surface area contributed by atoms with E-state index in [1.807, 2.05) is 0 Å². The molecular weight excluding hydrogens is 216 g/mol. The maximum atomic E-state index is 12.0. The molecule has 1 aliphatic heterocycles. The van der Waals surface area contributed by atoms with Crippen LogP contribution in [0.1, 0.15) is 47.0 Å². The Balaban J connectivity index is 2.15. The van der Waals surface area contributed by atoms with E-state index >= 15 is 0 Å². The molecule has 1 heterocycles. The molecule has 3 atom stereocenters. The molecule has 3 rings (SSSR count). The Morgan fingerprint density at radius 3 is 2.53 bits per heavy atom. The SMILES string of the molecule is CC1(C)CC2=C(C(=O)OC2(C)O)C2(C)CC2C1. The van der Waals surface area contributed by atoms with Gasteiger partial charge >= 0.3 is 5.97 Å². The van der Waals surface area contributed by atoms with Crippen LogP contribution in [0.5, 0.6) is 0 Å². The van der Waals surface area contributed by atoms with Crippen LogP contribution in [0.15, 0.2) is 11.1 Å². The molecule has 0 amide bonds. The first kappa shape index (κ1) is 11.3. The number of ether oxygens (including phenoxy) is 1. The van der Waals surface area contributed by atoms with Crippen LogP contribution >= 0.6 is 0 Å². The molecule has 17 heavy (non-hydrogen) atoms. The maximum Gasteiger partial charge on any atom is 0.337 e. The van der Waals surface area contributed by atoms with Gasteiger partial charge in [0.1, 0.15) is 0 Å². The first-order chi connectivity index (χ1) is 7.66. The number of carbonyl (C=O) groups excluding carboxylic acids is 1. The molecule has 3 aliphatic rings. The van der Waals surface area contributed by atoms with Crippen molar-refractivity contribution in [1.29, 1.82) is 0 Å². The van der Waals surface area contributed by atoms with Crippen molar-refractivity contribution in [1.82, 2.24) is 0 Å². The predicted molar refractivity (Wildman–Crippen MR) is 63.0 cm³/mol. The average Bonchev–Trinajstić information content (AvgIpc) is 2.65. The third-order valence-corrected chi connectivity index (χ3v) is 4.79. The largest absolute Gasteiger partial charge is 0.426 e. The van der Waals surface area contributed by atoms with Gasteiger partial charge in [-0.05, 0) is 30.6 Å². The fourth-order valence-electron chi connectivity index (χ4n) is 3.75. The van der Waals surface area contributed by atoms with E-state index in [1.165, 1.54) is 0 Å². The summed E-state index contributed by atoms with van der Waals surface area (Å²) in [6, 6.07) is 0. The van der Waals surface area contributed by atoms with Crippen molar-refractivity contribution in [2.45, 2.75) is 52.7 Å². The molecule has 0 spiro atoms. The van der Waals surface area contributed by atoms with Gasteiger partial charge in [0.2, 0.25) is 5.79 Å². The number of rotatable bonds is 0. The van der Waals surface area contributed by atoms with Gasteiger partial charge in [-0.15, -0.1) is 0 Å². The van der Waals surface area contributed by atoms with Crippen LogP contribution < -0.4 is 0 Å². The highest BCUT2D eigenvalue weighted by Gasteiger charge is 2.63. The summed E-state index contributed by atoms with van der Waals surface area (Å²) < 4.78 is 5.15. The highest BCUT2D eigenvalue weighted by atomic mass is 16.7. The quantitative estimate of drug-likeness (QED) is 0.657. The molecule has 2 aliphatic carbocycles. The van der Waals surface area contributed by atoms with E-state index < -0.39 is 5.79 Å². The Hall–Kier alpha value is -0.830. The normalized spacial score (nSPS) is 47.1. The van der Waals surface area contributed by atoms with Crippen LogP contribution in [0.2, 0.25) is 0 Å². The van der Waals surface area contributed by atoms with Crippen molar-refractivity contribution >= 4 is 5.97 Å². The Kier molecular flexibility index (Phi) is 1.84. The van der Waals surface area contributed by atoms with Crippen LogP contribution in [0.25, 0.3) is 0 Å². The second-order valence-electron chi connectivity index (χ2n) is 7.09. The maximum absolute atomic E-state index is 12.0. The second kappa shape index (κ2) is 2.77. The lowest BCUT2D eigenvalue weighted by Gasteiger charge is -2.28. The molecule has 3 unspecified atom stereocenters. The average molecular weight is 236 g/mol. The topological polar surface area (TPSA) is 46.5 Å². The fourth-order valence-corrected chi connectivity index (χ4v) is 3.75. The minimum Gasteiger partial charge on any atom is -0.426 e. The van der Waals surface area contributed by atoms with E-state index in [0.29, 0.717) is 5.92 Å². The number of carbonyl (C=O) groups is 1. The Morgan fingerprint density at radius 1 is 1.24 bits per heavy atom. The van der Waals surface area contributed by atoms with E-state index in [0.717, 1.165) is 30.4 Å². The van der Waals surface area contributed by atoms with E-state index in [-0.39, 0.29) is 16.8 Å². The molecule has 0 aromatic heterocycles. The highest BCUT2D eigenvalue weighted by molar-refractivity contribution is 5.95. The van der Waals surface area contributed by atoms with Crippen LogP contribution in [0.4, 0.5) is 0 Å². The molecule has 0 radical (unpaired) electrons. The smallest absolute Gasteiger partial charge is 0.337 e. The summed E-state index contributed by atoms with van der Waals surface area (Å²) in [7, 11) is 0. The number of esters is 1. The number of fused-ring (bicyclic) bond motifs is 2. The second-order valence-corrected chi connectivity index (χ2v) is 7.09. The molecule has 0 bridgehead atoms. The summed E-state index contributed by atoms with van der Waals surface area (Å²) in [4.78, 5) is 12.0. The molecule has 94 valence electrons. The van der Waals surface area contributed by atoms with Crippen molar-refractivity contribution in [3.63, 3.8) is 0 Å². The minimum atomic E-state index is -1.38. The van der Waals surface area contributed by atoms with Crippen molar-refractivity contribution in [2.75, 3.05) is 0 Å². The zero-order valence-electron chi connectivity index (χ0n) is 11.0. The Labute approximate surface area is 102 Å². The van der Waals surface area contributed by atoms with E-state index in [2.05, 4.69) is 20.8 Å². The van der Waals surface area contributed by atoms with Crippen LogP contribution in [-0.2, 0) is 9.53 Å². The molecule has 1 fully saturated rings. The third-order valence-electron chi connectivity index (χ3n) is 4.79. The summed E-state index contributed by atoms with van der Waals surface area (Å²) in [6.45, 7) is 8.15. The lowest BCUT2D eigenvalue weighted by Crippen LogP contribution is -2.29. The van der Waals surface area contributed by atoms with Crippen LogP contribution in [0.3, 0.4) is 0 Å². The Morgan fingerprint density at radius 2 is 1.88 bits per heavy atom. The molecule has 0 aromatic carbocycles. The van der Waals surface area contributed by atoms with E-state index in [4.69, 9.17) is 4.74 Å². The van der Waals surface area contributed by atoms with E-state index in [1.54, 1.807) is 6.92 Å². The van der Waals surface area contributed by atoms with Crippen molar-refractivity contribution < 1.29 is 14.6 Å². The summed E-state index contributed by atoms with van der Waals surface area (Å²) in [5, 5.41) is 10.3. The summed E-state index contributed by atoms with van der Waals surface area (Å²) in [5.41, 5.74) is 1.70. The minimum absolute atomic E-state index is 0.0410. The molecule has 1 saturated carbocycles. The molecule has 0 saturated heterocycles. The number of hydrogen-bond donors (Lipinski definition) is 1. The lowest BCUT2D eigenvalue weighted by molar-refractivity contribution is -0.177. The van der Waals surface area contributed by atoms with E-state index in [9.17, 15) is 9.90 Å². The standard InChI is InChI=1S/C14H20O3/c1-12(2)5-8-6-13(8,3)10-9(7-12)14(4,16)17-11(10)15/h8,16H,5-7H2,1-4H3. The molecule has 1 N–H and O–H groups in total. The first-order valence-electron chi connectivity index (χ1n) is 6.36. The molecule has 0 aromatic rings. The van der Waals surface area contributed by atoms with Gasteiger partial charge in [-0.1, -0.05) is 20.8 Å². The van der Waals surface area contributed by atoms with Crippen molar-refractivity contribution in [2.24, 2.45) is 16.7 Å².